The minimum absolute atomic E-state index is 0.472. The van der Waals surface area contributed by atoms with Gasteiger partial charge in [0.25, 0.3) is 0 Å². The summed E-state index contributed by atoms with van der Waals surface area (Å²) >= 11 is 0. The molecule has 0 bridgehead atoms. The Morgan fingerprint density at radius 1 is 1.33 bits per heavy atom. The lowest BCUT2D eigenvalue weighted by molar-refractivity contribution is 0.413. The van der Waals surface area contributed by atoms with Crippen LogP contribution in [0.1, 0.15) is 16.7 Å². The van der Waals surface area contributed by atoms with Crippen LogP contribution in [0.25, 0.3) is 11.3 Å². The van der Waals surface area contributed by atoms with E-state index >= 15 is 0 Å². The minimum Gasteiger partial charge on any atom is -0.496 e. The Balaban J connectivity index is 2.69. The molecule has 4 nitrogen and oxygen atoms in total. The van der Waals surface area contributed by atoms with Gasteiger partial charge in [-0.15, -0.1) is 0 Å². The number of nitrogens with two attached hydrogens (primary N) is 1. The van der Waals surface area contributed by atoms with Crippen molar-refractivity contribution in [3.05, 3.63) is 35.0 Å². The third-order valence-corrected chi connectivity index (χ3v) is 3.00. The van der Waals surface area contributed by atoms with Crippen LogP contribution in [0.4, 0.5) is 0 Å². The second-order valence-corrected chi connectivity index (χ2v) is 4.54. The molecule has 2 rings (SSSR count). The van der Waals surface area contributed by atoms with Crippen LogP contribution in [0.3, 0.4) is 0 Å². The molecular weight excluding hydrogens is 226 g/mol. The molecule has 0 aliphatic rings. The van der Waals surface area contributed by atoms with E-state index in [1.54, 1.807) is 11.8 Å². The van der Waals surface area contributed by atoms with Gasteiger partial charge < -0.3 is 10.5 Å². The fourth-order valence-corrected chi connectivity index (χ4v) is 2.31. The van der Waals surface area contributed by atoms with Gasteiger partial charge in [0.15, 0.2) is 0 Å². The zero-order chi connectivity index (χ0) is 13.3. The van der Waals surface area contributed by atoms with Crippen molar-refractivity contribution >= 4 is 0 Å². The third kappa shape index (κ3) is 2.11. The van der Waals surface area contributed by atoms with Crippen LogP contribution in [-0.4, -0.2) is 16.9 Å². The lowest BCUT2D eigenvalue weighted by atomic mass is 10.0. The number of ether oxygens (including phenoxy) is 1. The molecule has 0 aliphatic carbocycles. The number of nitrogens with zero attached hydrogens (tertiary/aromatic N) is 2. The zero-order valence-corrected chi connectivity index (χ0v) is 11.3. The molecule has 0 aliphatic heterocycles. The summed E-state index contributed by atoms with van der Waals surface area (Å²) in [4.78, 5) is 0. The molecule has 0 atom stereocenters. The van der Waals surface area contributed by atoms with Crippen molar-refractivity contribution in [2.75, 3.05) is 7.11 Å². The third-order valence-electron chi connectivity index (χ3n) is 3.00. The van der Waals surface area contributed by atoms with Gasteiger partial charge in [0.1, 0.15) is 11.4 Å². The smallest absolute Gasteiger partial charge is 0.131 e. The summed E-state index contributed by atoms with van der Waals surface area (Å²) in [6.07, 6.45) is 1.95. The molecule has 0 saturated heterocycles. The molecule has 1 heterocycles. The van der Waals surface area contributed by atoms with Gasteiger partial charge in [0.2, 0.25) is 0 Å². The van der Waals surface area contributed by atoms with E-state index in [1.165, 1.54) is 5.56 Å². The van der Waals surface area contributed by atoms with Gasteiger partial charge in [-0.3, -0.25) is 4.68 Å². The monoisotopic (exact) mass is 245 g/mol. The number of aryl methyl sites for hydroxylation is 3. The molecule has 0 fully saturated rings. The lowest BCUT2D eigenvalue weighted by Crippen LogP contribution is -1.99. The van der Waals surface area contributed by atoms with Gasteiger partial charge in [-0.1, -0.05) is 6.07 Å². The molecule has 1 aromatic carbocycles. The number of hydrogen-bond donors (Lipinski definition) is 1. The average molecular weight is 245 g/mol. The van der Waals surface area contributed by atoms with Crippen LogP contribution < -0.4 is 10.5 Å². The predicted molar refractivity (Wildman–Crippen MR) is 72.6 cm³/mol. The number of rotatable bonds is 3. The molecule has 0 amide bonds. The fraction of sp³-hybridized carbons (Fsp3) is 0.357. The SMILES string of the molecule is COc1c(C)cc(C)cc1-c1nn(C)cc1CN. The topological polar surface area (TPSA) is 53.1 Å². The van der Waals surface area contributed by atoms with E-state index in [4.69, 9.17) is 10.5 Å². The number of aromatic nitrogens is 2. The van der Waals surface area contributed by atoms with Crippen molar-refractivity contribution in [3.8, 4) is 17.0 Å². The molecule has 0 spiro atoms. The summed E-state index contributed by atoms with van der Waals surface area (Å²) in [6.45, 7) is 4.58. The van der Waals surface area contributed by atoms with Crippen molar-refractivity contribution in [2.45, 2.75) is 20.4 Å². The zero-order valence-electron chi connectivity index (χ0n) is 11.3. The molecule has 0 unspecified atom stereocenters. The maximum atomic E-state index is 5.77. The second-order valence-electron chi connectivity index (χ2n) is 4.54. The first-order valence-corrected chi connectivity index (χ1v) is 5.95. The first-order valence-electron chi connectivity index (χ1n) is 5.95. The van der Waals surface area contributed by atoms with E-state index in [9.17, 15) is 0 Å². The van der Waals surface area contributed by atoms with Gasteiger partial charge in [0, 0.05) is 30.9 Å². The molecule has 0 saturated carbocycles. The van der Waals surface area contributed by atoms with E-state index in [0.717, 1.165) is 28.1 Å². The second kappa shape index (κ2) is 4.82. The van der Waals surface area contributed by atoms with Crippen LogP contribution in [0, 0.1) is 13.8 Å². The summed E-state index contributed by atoms with van der Waals surface area (Å²) in [6, 6.07) is 4.20. The number of benzene rings is 1. The fourth-order valence-electron chi connectivity index (χ4n) is 2.31. The van der Waals surface area contributed by atoms with Crippen LogP contribution in [0.5, 0.6) is 5.75 Å². The molecular formula is C14H19N3O. The first kappa shape index (κ1) is 12.6. The van der Waals surface area contributed by atoms with E-state index in [1.807, 2.05) is 20.2 Å². The Bertz CT molecular complexity index is 573. The van der Waals surface area contributed by atoms with Gasteiger partial charge in [0.05, 0.1) is 7.11 Å². The highest BCUT2D eigenvalue weighted by atomic mass is 16.5. The maximum Gasteiger partial charge on any atom is 0.131 e. The van der Waals surface area contributed by atoms with E-state index in [2.05, 4.69) is 24.2 Å². The van der Waals surface area contributed by atoms with Crippen LogP contribution in [0.15, 0.2) is 18.3 Å². The Morgan fingerprint density at radius 2 is 2.06 bits per heavy atom. The van der Waals surface area contributed by atoms with E-state index in [-0.39, 0.29) is 0 Å². The minimum atomic E-state index is 0.472. The van der Waals surface area contributed by atoms with Crippen molar-refractivity contribution in [1.29, 1.82) is 0 Å². The summed E-state index contributed by atoms with van der Waals surface area (Å²) in [5.41, 5.74) is 11.0. The Hall–Kier alpha value is -1.81. The standard InChI is InChI=1S/C14H19N3O/c1-9-5-10(2)14(18-4)12(6-9)13-11(7-15)8-17(3)16-13/h5-6,8H,7,15H2,1-4H3. The summed E-state index contributed by atoms with van der Waals surface area (Å²) in [5, 5.41) is 4.50. The Kier molecular flexibility index (Phi) is 3.39. The first-order chi connectivity index (χ1) is 8.56. The lowest BCUT2D eigenvalue weighted by Gasteiger charge is -2.12. The largest absolute Gasteiger partial charge is 0.496 e. The molecule has 96 valence electrons. The van der Waals surface area contributed by atoms with Gasteiger partial charge >= 0.3 is 0 Å². The highest BCUT2D eigenvalue weighted by Gasteiger charge is 2.15. The molecule has 2 N–H and O–H groups in total. The van der Waals surface area contributed by atoms with Gasteiger partial charge in [-0.05, 0) is 31.0 Å². The average Bonchev–Trinajstić information content (AvgIpc) is 2.69. The summed E-state index contributed by atoms with van der Waals surface area (Å²) < 4.78 is 7.29. The molecule has 2 aromatic rings. The highest BCUT2D eigenvalue weighted by Crippen LogP contribution is 2.34. The van der Waals surface area contributed by atoms with E-state index in [0.29, 0.717) is 6.54 Å². The van der Waals surface area contributed by atoms with Crippen LogP contribution in [-0.2, 0) is 13.6 Å². The highest BCUT2D eigenvalue weighted by molar-refractivity contribution is 5.72. The summed E-state index contributed by atoms with van der Waals surface area (Å²) in [5.74, 6) is 0.869. The van der Waals surface area contributed by atoms with Crippen molar-refractivity contribution < 1.29 is 4.74 Å². The van der Waals surface area contributed by atoms with Crippen LogP contribution >= 0.6 is 0 Å². The summed E-state index contributed by atoms with van der Waals surface area (Å²) in [7, 11) is 3.59. The van der Waals surface area contributed by atoms with Gasteiger partial charge in [-0.2, -0.15) is 5.10 Å². The van der Waals surface area contributed by atoms with E-state index < -0.39 is 0 Å². The number of methoxy groups -OCH3 is 1. The quantitative estimate of drug-likeness (QED) is 0.901. The molecule has 4 heteroatoms. The van der Waals surface area contributed by atoms with Crippen molar-refractivity contribution in [3.63, 3.8) is 0 Å². The maximum absolute atomic E-state index is 5.77. The Morgan fingerprint density at radius 3 is 2.67 bits per heavy atom. The molecule has 18 heavy (non-hydrogen) atoms. The van der Waals surface area contributed by atoms with Crippen molar-refractivity contribution in [2.24, 2.45) is 12.8 Å². The van der Waals surface area contributed by atoms with Crippen LogP contribution in [0.2, 0.25) is 0 Å². The molecule has 1 aromatic heterocycles. The Labute approximate surface area is 107 Å². The molecule has 0 radical (unpaired) electrons. The normalized spacial score (nSPS) is 10.7. The van der Waals surface area contributed by atoms with Crippen molar-refractivity contribution in [1.82, 2.24) is 9.78 Å². The predicted octanol–water partition coefficient (Wildman–Crippen LogP) is 2.17. The number of hydrogen-bond acceptors (Lipinski definition) is 3. The van der Waals surface area contributed by atoms with Gasteiger partial charge in [-0.25, -0.2) is 0 Å².